The zero-order chi connectivity index (χ0) is 17.1. The molecule has 0 aliphatic carbocycles. The molecule has 0 spiro atoms. The van der Waals surface area contributed by atoms with Crippen molar-refractivity contribution in [2.24, 2.45) is 0 Å². The summed E-state index contributed by atoms with van der Waals surface area (Å²) in [4.78, 5) is 23.5. The summed E-state index contributed by atoms with van der Waals surface area (Å²) in [5.41, 5.74) is 1.88. The van der Waals surface area contributed by atoms with Crippen molar-refractivity contribution in [2.75, 3.05) is 32.1 Å². The quantitative estimate of drug-likeness (QED) is 0.898. The highest BCUT2D eigenvalue weighted by molar-refractivity contribution is 5.76. The number of carbonyl (C=O) groups excluding carboxylic acids is 1. The lowest BCUT2D eigenvalue weighted by Gasteiger charge is -2.34. The predicted octanol–water partition coefficient (Wildman–Crippen LogP) is 0.932. The number of rotatable bonds is 4. The Morgan fingerprint density at radius 2 is 2.25 bits per heavy atom. The van der Waals surface area contributed by atoms with Gasteiger partial charge in [0.1, 0.15) is 18.4 Å². The van der Waals surface area contributed by atoms with E-state index in [1.54, 1.807) is 15.8 Å². The molecule has 3 rings (SSSR count). The van der Waals surface area contributed by atoms with Crippen LogP contribution >= 0.6 is 0 Å². The van der Waals surface area contributed by atoms with Gasteiger partial charge in [-0.3, -0.25) is 9.48 Å². The third kappa shape index (κ3) is 3.53. The second kappa shape index (κ2) is 6.96. The smallest absolute Gasteiger partial charge is 0.245 e. The first-order valence-corrected chi connectivity index (χ1v) is 7.96. The maximum atomic E-state index is 12.7. The third-order valence-corrected chi connectivity index (χ3v) is 3.93. The Morgan fingerprint density at radius 3 is 2.96 bits per heavy atom. The van der Waals surface area contributed by atoms with E-state index >= 15 is 0 Å². The highest BCUT2D eigenvalue weighted by Crippen LogP contribution is 2.23. The minimum atomic E-state index is -0.282. The molecule has 8 nitrogen and oxygen atoms in total. The molecular weight excluding hydrogens is 308 g/mol. The largest absolute Gasteiger partial charge is 0.377 e. The SMILES string of the molecule is CNc1cc(C)nc([C@@H]2COCCN2C(=O)Cn2cc(C)cn2)n1. The molecule has 24 heavy (non-hydrogen) atoms. The number of hydrogen-bond donors (Lipinski definition) is 1. The number of nitrogens with one attached hydrogen (secondary N) is 1. The minimum absolute atomic E-state index is 0.0116. The molecule has 1 fully saturated rings. The normalized spacial score (nSPS) is 17.8. The van der Waals surface area contributed by atoms with Crippen LogP contribution in [0.5, 0.6) is 0 Å². The van der Waals surface area contributed by atoms with E-state index in [1.165, 1.54) is 0 Å². The van der Waals surface area contributed by atoms with Gasteiger partial charge in [-0.25, -0.2) is 9.97 Å². The Balaban J connectivity index is 1.82. The lowest BCUT2D eigenvalue weighted by Crippen LogP contribution is -2.45. The summed E-state index contributed by atoms with van der Waals surface area (Å²) in [6, 6.07) is 1.58. The highest BCUT2D eigenvalue weighted by atomic mass is 16.5. The van der Waals surface area contributed by atoms with E-state index in [0.29, 0.717) is 25.6 Å². The molecule has 0 saturated carbocycles. The monoisotopic (exact) mass is 330 g/mol. The molecule has 0 aromatic carbocycles. The van der Waals surface area contributed by atoms with Gasteiger partial charge in [0.15, 0.2) is 5.82 Å². The lowest BCUT2D eigenvalue weighted by molar-refractivity contribution is -0.141. The average Bonchev–Trinajstić information content (AvgIpc) is 2.99. The summed E-state index contributed by atoms with van der Waals surface area (Å²) in [6.07, 6.45) is 3.60. The van der Waals surface area contributed by atoms with Gasteiger partial charge >= 0.3 is 0 Å². The van der Waals surface area contributed by atoms with E-state index in [4.69, 9.17) is 4.74 Å². The number of aromatic nitrogens is 4. The van der Waals surface area contributed by atoms with Crippen LogP contribution in [0.2, 0.25) is 0 Å². The molecule has 1 saturated heterocycles. The summed E-state index contributed by atoms with van der Waals surface area (Å²) in [5.74, 6) is 1.32. The van der Waals surface area contributed by atoms with Gasteiger partial charge < -0.3 is 15.0 Å². The molecule has 0 unspecified atom stereocenters. The number of hydrogen-bond acceptors (Lipinski definition) is 6. The van der Waals surface area contributed by atoms with E-state index in [9.17, 15) is 4.79 Å². The van der Waals surface area contributed by atoms with Crippen molar-refractivity contribution in [2.45, 2.75) is 26.4 Å². The molecule has 1 aliphatic heterocycles. The second-order valence-electron chi connectivity index (χ2n) is 5.90. The predicted molar refractivity (Wildman–Crippen MR) is 88.6 cm³/mol. The molecule has 1 N–H and O–H groups in total. The summed E-state index contributed by atoms with van der Waals surface area (Å²) in [7, 11) is 1.81. The summed E-state index contributed by atoms with van der Waals surface area (Å²) in [6.45, 7) is 5.51. The number of carbonyl (C=O) groups is 1. The van der Waals surface area contributed by atoms with Crippen molar-refractivity contribution in [3.8, 4) is 0 Å². The van der Waals surface area contributed by atoms with Crippen LogP contribution in [-0.4, -0.2) is 57.4 Å². The Morgan fingerprint density at radius 1 is 1.42 bits per heavy atom. The van der Waals surface area contributed by atoms with Crippen LogP contribution in [0, 0.1) is 13.8 Å². The number of aryl methyl sites for hydroxylation is 2. The van der Waals surface area contributed by atoms with Crippen molar-refractivity contribution >= 4 is 11.7 Å². The summed E-state index contributed by atoms with van der Waals surface area (Å²) < 4.78 is 7.22. The van der Waals surface area contributed by atoms with Crippen LogP contribution in [0.4, 0.5) is 5.82 Å². The van der Waals surface area contributed by atoms with Crippen LogP contribution in [0.1, 0.15) is 23.1 Å². The van der Waals surface area contributed by atoms with Crippen LogP contribution in [0.25, 0.3) is 0 Å². The van der Waals surface area contributed by atoms with Gasteiger partial charge in [-0.05, 0) is 19.4 Å². The Hall–Kier alpha value is -2.48. The van der Waals surface area contributed by atoms with Crippen molar-refractivity contribution in [1.82, 2.24) is 24.6 Å². The lowest BCUT2D eigenvalue weighted by atomic mass is 10.2. The zero-order valence-corrected chi connectivity index (χ0v) is 14.2. The van der Waals surface area contributed by atoms with Gasteiger partial charge in [-0.1, -0.05) is 0 Å². The zero-order valence-electron chi connectivity index (χ0n) is 14.2. The molecule has 0 radical (unpaired) electrons. The van der Waals surface area contributed by atoms with Crippen LogP contribution in [0.15, 0.2) is 18.5 Å². The van der Waals surface area contributed by atoms with Crippen LogP contribution in [-0.2, 0) is 16.1 Å². The van der Waals surface area contributed by atoms with Crippen molar-refractivity contribution in [3.63, 3.8) is 0 Å². The van der Waals surface area contributed by atoms with Gasteiger partial charge in [-0.15, -0.1) is 0 Å². The van der Waals surface area contributed by atoms with Gasteiger partial charge in [-0.2, -0.15) is 5.10 Å². The molecule has 1 aliphatic rings. The van der Waals surface area contributed by atoms with Crippen LogP contribution in [0.3, 0.4) is 0 Å². The van der Waals surface area contributed by atoms with Gasteiger partial charge in [0, 0.05) is 31.5 Å². The van der Waals surface area contributed by atoms with Crippen LogP contribution < -0.4 is 5.32 Å². The summed E-state index contributed by atoms with van der Waals surface area (Å²) >= 11 is 0. The number of anilines is 1. The molecule has 2 aromatic heterocycles. The minimum Gasteiger partial charge on any atom is -0.377 e. The van der Waals surface area contributed by atoms with E-state index in [0.717, 1.165) is 17.1 Å². The highest BCUT2D eigenvalue weighted by Gasteiger charge is 2.31. The third-order valence-electron chi connectivity index (χ3n) is 3.93. The molecule has 1 amide bonds. The second-order valence-corrected chi connectivity index (χ2v) is 5.90. The van der Waals surface area contributed by atoms with Crippen molar-refractivity contribution in [1.29, 1.82) is 0 Å². The van der Waals surface area contributed by atoms with Gasteiger partial charge in [0.2, 0.25) is 5.91 Å². The topological polar surface area (TPSA) is 85.2 Å². The number of amides is 1. The summed E-state index contributed by atoms with van der Waals surface area (Å²) in [5, 5.41) is 7.21. The number of nitrogens with zero attached hydrogens (tertiary/aromatic N) is 5. The first kappa shape index (κ1) is 16.4. The van der Waals surface area contributed by atoms with E-state index in [-0.39, 0.29) is 18.5 Å². The van der Waals surface area contributed by atoms with E-state index < -0.39 is 0 Å². The van der Waals surface area contributed by atoms with E-state index in [1.807, 2.05) is 33.2 Å². The molecule has 3 heterocycles. The molecule has 8 heteroatoms. The maximum Gasteiger partial charge on any atom is 0.245 e. The Labute approximate surface area is 140 Å². The van der Waals surface area contributed by atoms with Crippen molar-refractivity contribution < 1.29 is 9.53 Å². The number of ether oxygens (including phenoxy) is 1. The maximum absolute atomic E-state index is 12.7. The fraction of sp³-hybridized carbons (Fsp3) is 0.500. The fourth-order valence-corrected chi connectivity index (χ4v) is 2.77. The molecule has 0 bridgehead atoms. The van der Waals surface area contributed by atoms with Gasteiger partial charge in [0.05, 0.1) is 19.4 Å². The first-order valence-electron chi connectivity index (χ1n) is 7.96. The first-order chi connectivity index (χ1) is 11.6. The fourth-order valence-electron chi connectivity index (χ4n) is 2.77. The Bertz CT molecular complexity index is 729. The molecular formula is C16H22N6O2. The molecule has 1 atom stereocenters. The van der Waals surface area contributed by atoms with Crippen molar-refractivity contribution in [3.05, 3.63) is 35.5 Å². The van der Waals surface area contributed by atoms with Gasteiger partial charge in [0.25, 0.3) is 0 Å². The average molecular weight is 330 g/mol. The molecule has 2 aromatic rings. The van der Waals surface area contributed by atoms with E-state index in [2.05, 4.69) is 20.4 Å². The standard InChI is InChI=1S/C16H22N6O2/c1-11-7-18-21(8-11)9-15(23)22-4-5-24-10-13(22)16-19-12(2)6-14(17-3)20-16/h6-8,13H,4-5,9-10H2,1-3H3,(H,17,19,20)/t13-/m0/s1. The molecule has 128 valence electrons. The number of morpholine rings is 1. The Kier molecular flexibility index (Phi) is 4.75.